The van der Waals surface area contributed by atoms with Crippen molar-refractivity contribution in [3.05, 3.63) is 65.7 Å². The van der Waals surface area contributed by atoms with E-state index in [-0.39, 0.29) is 29.9 Å². The molecule has 0 fully saturated rings. The number of amides is 2. The van der Waals surface area contributed by atoms with Crippen LogP contribution in [0.25, 0.3) is 0 Å². The molecule has 5 heteroatoms. The summed E-state index contributed by atoms with van der Waals surface area (Å²) in [5.41, 5.74) is 2.07. The van der Waals surface area contributed by atoms with Gasteiger partial charge in [-0.1, -0.05) is 69.3 Å². The van der Waals surface area contributed by atoms with Gasteiger partial charge in [0.05, 0.1) is 0 Å². The summed E-state index contributed by atoms with van der Waals surface area (Å²) >= 11 is 0. The number of hydrogen-bond donors (Lipinski definition) is 1. The van der Waals surface area contributed by atoms with Gasteiger partial charge in [-0.15, -0.1) is 0 Å². The number of ether oxygens (including phenoxy) is 1. The molecule has 2 rings (SSSR count). The van der Waals surface area contributed by atoms with Gasteiger partial charge >= 0.3 is 0 Å². The Hall–Kier alpha value is -2.82. The van der Waals surface area contributed by atoms with E-state index in [1.54, 1.807) is 11.8 Å². The van der Waals surface area contributed by atoms with Crippen LogP contribution in [0.3, 0.4) is 0 Å². The largest absolute Gasteiger partial charge is 0.483 e. The summed E-state index contributed by atoms with van der Waals surface area (Å²) in [5.74, 6) is 0.336. The molecule has 0 spiro atoms. The van der Waals surface area contributed by atoms with Gasteiger partial charge in [-0.2, -0.15) is 0 Å². The van der Waals surface area contributed by atoms with Crippen LogP contribution in [0.1, 0.15) is 52.7 Å². The molecule has 168 valence electrons. The minimum absolute atomic E-state index is 0.0101. The van der Waals surface area contributed by atoms with Gasteiger partial charge in [0.1, 0.15) is 11.8 Å². The van der Waals surface area contributed by atoms with Crippen LogP contribution in [0.2, 0.25) is 0 Å². The van der Waals surface area contributed by atoms with Crippen LogP contribution >= 0.6 is 0 Å². The van der Waals surface area contributed by atoms with Crippen molar-refractivity contribution in [2.75, 3.05) is 13.2 Å². The van der Waals surface area contributed by atoms with E-state index in [1.807, 2.05) is 68.4 Å². The minimum Gasteiger partial charge on any atom is -0.483 e. The van der Waals surface area contributed by atoms with Crippen molar-refractivity contribution in [1.29, 1.82) is 0 Å². The van der Waals surface area contributed by atoms with E-state index in [2.05, 4.69) is 26.1 Å². The molecule has 0 aromatic heterocycles. The van der Waals surface area contributed by atoms with Gasteiger partial charge in [-0.05, 0) is 49.8 Å². The number of para-hydroxylation sites is 1. The lowest BCUT2D eigenvalue weighted by molar-refractivity contribution is -0.141. The van der Waals surface area contributed by atoms with E-state index in [1.165, 1.54) is 0 Å². The van der Waals surface area contributed by atoms with Gasteiger partial charge in [0.2, 0.25) is 5.91 Å². The predicted octanol–water partition coefficient (Wildman–Crippen LogP) is 4.35. The maximum Gasteiger partial charge on any atom is 0.261 e. The Labute approximate surface area is 186 Å². The van der Waals surface area contributed by atoms with Crippen molar-refractivity contribution >= 4 is 11.8 Å². The minimum atomic E-state index is -0.583. The number of rotatable bonds is 9. The van der Waals surface area contributed by atoms with E-state index in [0.717, 1.165) is 11.1 Å². The van der Waals surface area contributed by atoms with Gasteiger partial charge in [0, 0.05) is 12.6 Å². The first-order valence-electron chi connectivity index (χ1n) is 11.0. The SMILES string of the molecule is CC(C)NC(=O)[C@H](C)N(CCc1ccccc1)C(=O)COc1ccccc1C(C)(C)C. The summed E-state index contributed by atoms with van der Waals surface area (Å²) in [4.78, 5) is 27.4. The zero-order chi connectivity index (χ0) is 23.0. The number of carbonyl (C=O) groups is 2. The number of hydrogen-bond acceptors (Lipinski definition) is 3. The van der Waals surface area contributed by atoms with Gasteiger partial charge in [0.25, 0.3) is 5.91 Å². The van der Waals surface area contributed by atoms with Crippen LogP contribution in [-0.4, -0.2) is 41.9 Å². The van der Waals surface area contributed by atoms with Crippen LogP contribution < -0.4 is 10.1 Å². The molecule has 1 atom stereocenters. The van der Waals surface area contributed by atoms with Crippen LogP contribution in [-0.2, 0) is 21.4 Å². The monoisotopic (exact) mass is 424 g/mol. The Morgan fingerprint density at radius 1 is 0.968 bits per heavy atom. The van der Waals surface area contributed by atoms with Crippen LogP contribution in [0.15, 0.2) is 54.6 Å². The highest BCUT2D eigenvalue weighted by atomic mass is 16.5. The standard InChI is InChI=1S/C26H36N2O3/c1-19(2)27-25(30)20(3)28(17-16-21-12-8-7-9-13-21)24(29)18-31-23-15-11-10-14-22(23)26(4,5)6/h7-15,19-20H,16-18H2,1-6H3,(H,27,30)/t20-/m0/s1. The molecule has 5 nitrogen and oxygen atoms in total. The maximum absolute atomic E-state index is 13.2. The molecule has 2 amide bonds. The molecular formula is C26H36N2O3. The molecule has 0 aliphatic heterocycles. The van der Waals surface area contributed by atoms with Crippen molar-refractivity contribution in [2.24, 2.45) is 0 Å². The summed E-state index contributed by atoms with van der Waals surface area (Å²) in [5, 5.41) is 2.91. The zero-order valence-electron chi connectivity index (χ0n) is 19.6. The third kappa shape index (κ3) is 7.42. The molecule has 0 unspecified atom stereocenters. The van der Waals surface area contributed by atoms with E-state index >= 15 is 0 Å². The smallest absolute Gasteiger partial charge is 0.261 e. The van der Waals surface area contributed by atoms with E-state index in [9.17, 15) is 9.59 Å². The molecule has 0 aliphatic rings. The first-order valence-corrected chi connectivity index (χ1v) is 11.0. The molecule has 0 radical (unpaired) electrons. The molecular weight excluding hydrogens is 388 g/mol. The molecule has 0 heterocycles. The number of nitrogens with one attached hydrogen (secondary N) is 1. The quantitative estimate of drug-likeness (QED) is 0.651. The molecule has 0 saturated carbocycles. The van der Waals surface area contributed by atoms with Crippen molar-refractivity contribution in [1.82, 2.24) is 10.2 Å². The normalized spacial score (nSPS) is 12.4. The van der Waals surface area contributed by atoms with Crippen molar-refractivity contribution < 1.29 is 14.3 Å². The number of nitrogens with zero attached hydrogens (tertiary/aromatic N) is 1. The Morgan fingerprint density at radius 2 is 1.58 bits per heavy atom. The molecule has 31 heavy (non-hydrogen) atoms. The Kier molecular flexibility index (Phi) is 8.66. The summed E-state index contributed by atoms with van der Waals surface area (Å²) in [6, 6.07) is 17.2. The Balaban J connectivity index is 2.14. The lowest BCUT2D eigenvalue weighted by Crippen LogP contribution is -2.51. The molecule has 0 saturated heterocycles. The fraction of sp³-hybridized carbons (Fsp3) is 0.462. The lowest BCUT2D eigenvalue weighted by atomic mass is 9.86. The number of carbonyl (C=O) groups excluding carboxylic acids is 2. The second-order valence-corrected chi connectivity index (χ2v) is 9.20. The summed E-state index contributed by atoms with van der Waals surface area (Å²) in [6.45, 7) is 12.3. The zero-order valence-corrected chi connectivity index (χ0v) is 19.6. The second-order valence-electron chi connectivity index (χ2n) is 9.20. The van der Waals surface area contributed by atoms with Crippen LogP contribution in [0.4, 0.5) is 0 Å². The van der Waals surface area contributed by atoms with Crippen molar-refractivity contribution in [2.45, 2.75) is 65.5 Å². The topological polar surface area (TPSA) is 58.6 Å². The van der Waals surface area contributed by atoms with Gasteiger partial charge in [0.15, 0.2) is 6.61 Å². The summed E-state index contributed by atoms with van der Waals surface area (Å²) < 4.78 is 5.95. The Morgan fingerprint density at radius 3 is 2.19 bits per heavy atom. The van der Waals surface area contributed by atoms with E-state index in [4.69, 9.17) is 4.74 Å². The molecule has 2 aromatic rings. The molecule has 0 bridgehead atoms. The first kappa shape index (κ1) is 24.4. The van der Waals surface area contributed by atoms with E-state index in [0.29, 0.717) is 18.7 Å². The average molecular weight is 425 g/mol. The Bertz CT molecular complexity index is 856. The third-order valence-electron chi connectivity index (χ3n) is 5.13. The highest BCUT2D eigenvalue weighted by Crippen LogP contribution is 2.30. The van der Waals surface area contributed by atoms with Crippen LogP contribution in [0, 0.1) is 0 Å². The maximum atomic E-state index is 13.2. The van der Waals surface area contributed by atoms with Crippen molar-refractivity contribution in [3.63, 3.8) is 0 Å². The second kappa shape index (κ2) is 11.0. The predicted molar refractivity (Wildman–Crippen MR) is 125 cm³/mol. The average Bonchev–Trinajstić information content (AvgIpc) is 2.72. The van der Waals surface area contributed by atoms with Gasteiger partial charge in [-0.3, -0.25) is 9.59 Å². The molecule has 1 N–H and O–H groups in total. The summed E-state index contributed by atoms with van der Waals surface area (Å²) in [7, 11) is 0. The van der Waals surface area contributed by atoms with Crippen molar-refractivity contribution in [3.8, 4) is 5.75 Å². The molecule has 2 aromatic carbocycles. The fourth-order valence-electron chi connectivity index (χ4n) is 3.41. The first-order chi connectivity index (χ1) is 14.6. The summed E-state index contributed by atoms with van der Waals surface area (Å²) in [6.07, 6.45) is 0.671. The van der Waals surface area contributed by atoms with E-state index < -0.39 is 6.04 Å². The fourth-order valence-corrected chi connectivity index (χ4v) is 3.41. The number of benzene rings is 2. The van der Waals surface area contributed by atoms with Gasteiger partial charge < -0.3 is 15.0 Å². The molecule has 0 aliphatic carbocycles. The highest BCUT2D eigenvalue weighted by Gasteiger charge is 2.27. The van der Waals surface area contributed by atoms with Gasteiger partial charge in [-0.25, -0.2) is 0 Å². The highest BCUT2D eigenvalue weighted by molar-refractivity contribution is 5.88. The van der Waals surface area contributed by atoms with Crippen LogP contribution in [0.5, 0.6) is 5.75 Å². The third-order valence-corrected chi connectivity index (χ3v) is 5.13. The lowest BCUT2D eigenvalue weighted by Gasteiger charge is -2.30.